The number of benzene rings is 1. The number of hydrogen-bond acceptors (Lipinski definition) is 5. The lowest BCUT2D eigenvalue weighted by Crippen LogP contribution is -2.24. The van der Waals surface area contributed by atoms with Crippen LogP contribution in [0.1, 0.15) is 23.6 Å². The summed E-state index contributed by atoms with van der Waals surface area (Å²) in [5.41, 5.74) is 3.76. The Labute approximate surface area is 188 Å². The third-order valence-corrected chi connectivity index (χ3v) is 5.79. The number of sulfonamides is 1. The minimum Gasteiger partial charge on any atom is -0.356 e. The maximum Gasteiger partial charge on any atom is 0.216 e. The molecule has 0 spiro atoms. The molecule has 2 aromatic heterocycles. The molecule has 0 aliphatic rings. The van der Waals surface area contributed by atoms with Gasteiger partial charge in [-0.05, 0) is 35.6 Å². The van der Waals surface area contributed by atoms with E-state index in [-0.39, 0.29) is 31.2 Å². The molecule has 1 amide bonds. The quantitative estimate of drug-likeness (QED) is 0.456. The smallest absolute Gasteiger partial charge is 0.216 e. The molecule has 0 saturated carbocycles. The minimum absolute atomic E-state index is 0.0485. The second-order valence-electron chi connectivity index (χ2n) is 7.82. The van der Waals surface area contributed by atoms with Crippen LogP contribution in [0.2, 0.25) is 0 Å². The first-order chi connectivity index (χ1) is 15.2. The Morgan fingerprint density at radius 1 is 1.06 bits per heavy atom. The first-order valence-electron chi connectivity index (χ1n) is 10.4. The lowest BCUT2D eigenvalue weighted by Gasteiger charge is -2.10. The van der Waals surface area contributed by atoms with E-state index in [0.29, 0.717) is 19.4 Å². The highest BCUT2D eigenvalue weighted by Crippen LogP contribution is 2.26. The van der Waals surface area contributed by atoms with Gasteiger partial charge in [-0.25, -0.2) is 13.1 Å². The van der Waals surface area contributed by atoms with E-state index in [1.807, 2.05) is 35.0 Å². The van der Waals surface area contributed by atoms with Crippen LogP contribution in [0.5, 0.6) is 0 Å². The fourth-order valence-electron chi connectivity index (χ4n) is 3.76. The Kier molecular flexibility index (Phi) is 7.76. The van der Waals surface area contributed by atoms with Crippen molar-refractivity contribution in [1.29, 1.82) is 0 Å². The third-order valence-electron chi connectivity index (χ3n) is 5.06. The maximum absolute atomic E-state index is 12.8. The zero-order valence-electron chi connectivity index (χ0n) is 18.3. The maximum atomic E-state index is 12.8. The Morgan fingerprint density at radius 2 is 1.84 bits per heavy atom. The molecule has 3 rings (SSSR count). The van der Waals surface area contributed by atoms with Crippen LogP contribution in [0, 0.1) is 0 Å². The van der Waals surface area contributed by atoms with Crippen LogP contribution in [-0.2, 0) is 45.4 Å². The van der Waals surface area contributed by atoms with E-state index in [0.717, 1.165) is 33.8 Å². The highest BCUT2D eigenvalue weighted by atomic mass is 32.2. The van der Waals surface area contributed by atoms with Gasteiger partial charge in [0.2, 0.25) is 15.9 Å². The number of ketones is 1. The second-order valence-corrected chi connectivity index (χ2v) is 9.65. The lowest BCUT2D eigenvalue weighted by molar-refractivity contribution is -0.119. The first-order valence-corrected chi connectivity index (χ1v) is 12.3. The van der Waals surface area contributed by atoms with Crippen molar-refractivity contribution in [3.8, 4) is 0 Å². The molecule has 9 heteroatoms. The number of pyridine rings is 1. The topological polar surface area (TPSA) is 110 Å². The largest absolute Gasteiger partial charge is 0.356 e. The Balaban J connectivity index is 1.89. The van der Waals surface area contributed by atoms with Crippen molar-refractivity contribution in [2.75, 3.05) is 19.3 Å². The third kappa shape index (κ3) is 6.73. The summed E-state index contributed by atoms with van der Waals surface area (Å²) in [6.45, 7) is 2.45. The van der Waals surface area contributed by atoms with Crippen molar-refractivity contribution in [3.63, 3.8) is 0 Å². The van der Waals surface area contributed by atoms with Gasteiger partial charge in [0, 0.05) is 50.4 Å². The number of Topliss-reactive ketones (excluding diaryl/α,β-unsaturated/α-hetero) is 1. The van der Waals surface area contributed by atoms with Crippen LogP contribution < -0.4 is 10.0 Å². The molecule has 8 nitrogen and oxygen atoms in total. The van der Waals surface area contributed by atoms with Gasteiger partial charge in [-0.2, -0.15) is 0 Å². The fraction of sp³-hybridized carbons (Fsp3) is 0.348. The molecular weight excluding hydrogens is 428 g/mol. The lowest BCUT2D eigenvalue weighted by atomic mass is 10.0. The van der Waals surface area contributed by atoms with Crippen LogP contribution in [0.3, 0.4) is 0 Å². The molecule has 170 valence electrons. The number of aromatic nitrogens is 2. The molecule has 0 saturated heterocycles. The summed E-state index contributed by atoms with van der Waals surface area (Å²) in [4.78, 5) is 28.1. The van der Waals surface area contributed by atoms with Gasteiger partial charge in [0.05, 0.1) is 18.3 Å². The summed E-state index contributed by atoms with van der Waals surface area (Å²) < 4.78 is 27.4. The van der Waals surface area contributed by atoms with E-state index in [2.05, 4.69) is 15.0 Å². The van der Waals surface area contributed by atoms with Crippen molar-refractivity contribution in [3.05, 3.63) is 65.6 Å². The standard InChI is InChI=1S/C23H28N4O4S/c1-17(28)25-11-8-20-15-27(16-21(29)13-18-5-4-10-24-14-18)23-19(6-3-7-22(20)23)9-12-26-32(2,30)31/h3-7,10,14-15,26H,8-9,11-13,16H2,1-2H3,(H,25,28). The van der Waals surface area contributed by atoms with Gasteiger partial charge in [-0.1, -0.05) is 24.3 Å². The molecule has 2 N–H and O–H groups in total. The van der Waals surface area contributed by atoms with E-state index in [1.165, 1.54) is 6.92 Å². The van der Waals surface area contributed by atoms with Gasteiger partial charge in [-0.15, -0.1) is 0 Å². The number of carbonyl (C=O) groups is 2. The van der Waals surface area contributed by atoms with E-state index in [1.54, 1.807) is 18.5 Å². The Morgan fingerprint density at radius 3 is 2.53 bits per heavy atom. The van der Waals surface area contributed by atoms with Crippen molar-refractivity contribution >= 4 is 32.6 Å². The second kappa shape index (κ2) is 10.5. The predicted molar refractivity (Wildman–Crippen MR) is 124 cm³/mol. The van der Waals surface area contributed by atoms with Gasteiger partial charge >= 0.3 is 0 Å². The van der Waals surface area contributed by atoms with Crippen molar-refractivity contribution in [2.45, 2.75) is 32.7 Å². The summed E-state index contributed by atoms with van der Waals surface area (Å²) in [5, 5.41) is 3.81. The van der Waals surface area contributed by atoms with E-state index < -0.39 is 10.0 Å². The number of para-hydroxylation sites is 1. The molecule has 0 bridgehead atoms. The normalized spacial score (nSPS) is 11.6. The summed E-state index contributed by atoms with van der Waals surface area (Å²) in [7, 11) is -3.28. The fourth-order valence-corrected chi connectivity index (χ4v) is 4.23. The summed E-state index contributed by atoms with van der Waals surface area (Å²) in [6, 6.07) is 9.56. The molecule has 2 heterocycles. The summed E-state index contributed by atoms with van der Waals surface area (Å²) in [5.74, 6) is -0.0414. The van der Waals surface area contributed by atoms with Gasteiger partial charge < -0.3 is 9.88 Å². The van der Waals surface area contributed by atoms with Gasteiger partial charge in [0.25, 0.3) is 0 Å². The van der Waals surface area contributed by atoms with E-state index >= 15 is 0 Å². The van der Waals surface area contributed by atoms with Crippen molar-refractivity contribution in [2.24, 2.45) is 0 Å². The van der Waals surface area contributed by atoms with Gasteiger partial charge in [0.15, 0.2) is 5.78 Å². The molecule has 3 aromatic rings. The van der Waals surface area contributed by atoms with Crippen LogP contribution in [0.15, 0.2) is 48.9 Å². The zero-order valence-corrected chi connectivity index (χ0v) is 19.1. The first kappa shape index (κ1) is 23.6. The average Bonchev–Trinajstić information content (AvgIpc) is 3.05. The molecule has 0 fully saturated rings. The Hall–Kier alpha value is -3.04. The zero-order chi connectivity index (χ0) is 23.1. The molecule has 0 atom stereocenters. The van der Waals surface area contributed by atoms with Gasteiger partial charge in [-0.3, -0.25) is 14.6 Å². The molecule has 0 radical (unpaired) electrons. The molecule has 0 aliphatic heterocycles. The average molecular weight is 457 g/mol. The number of fused-ring (bicyclic) bond motifs is 1. The molecule has 1 aromatic carbocycles. The highest BCUT2D eigenvalue weighted by Gasteiger charge is 2.15. The monoisotopic (exact) mass is 456 g/mol. The number of carbonyl (C=O) groups excluding carboxylic acids is 2. The van der Waals surface area contributed by atoms with Crippen molar-refractivity contribution < 1.29 is 18.0 Å². The number of hydrogen-bond donors (Lipinski definition) is 2. The number of nitrogens with zero attached hydrogens (tertiary/aromatic N) is 2. The summed E-state index contributed by atoms with van der Waals surface area (Å²) >= 11 is 0. The van der Waals surface area contributed by atoms with Crippen LogP contribution >= 0.6 is 0 Å². The number of rotatable bonds is 11. The van der Waals surface area contributed by atoms with Gasteiger partial charge in [0.1, 0.15) is 0 Å². The SMILES string of the molecule is CC(=O)NCCc1cn(CC(=O)Cc2cccnc2)c2c(CCNS(C)(=O)=O)cccc12. The van der Waals surface area contributed by atoms with E-state index in [4.69, 9.17) is 0 Å². The molecule has 0 aliphatic carbocycles. The highest BCUT2D eigenvalue weighted by molar-refractivity contribution is 7.88. The van der Waals surface area contributed by atoms with Crippen molar-refractivity contribution in [1.82, 2.24) is 19.6 Å². The summed E-state index contributed by atoms with van der Waals surface area (Å²) in [6.07, 6.45) is 7.86. The number of nitrogens with one attached hydrogen (secondary N) is 2. The number of amides is 1. The van der Waals surface area contributed by atoms with Crippen LogP contribution in [0.25, 0.3) is 10.9 Å². The van der Waals surface area contributed by atoms with Crippen LogP contribution in [0.4, 0.5) is 0 Å². The molecule has 0 unspecified atom stereocenters. The Bertz CT molecular complexity index is 1200. The van der Waals surface area contributed by atoms with E-state index in [9.17, 15) is 18.0 Å². The molecule has 32 heavy (non-hydrogen) atoms. The van der Waals surface area contributed by atoms with Crippen LogP contribution in [-0.4, -0.2) is 49.0 Å². The predicted octanol–water partition coefficient (Wildman–Crippen LogP) is 1.62. The minimum atomic E-state index is -3.28. The molecular formula is C23H28N4O4S.